The van der Waals surface area contributed by atoms with Gasteiger partial charge in [0.05, 0.1) is 12.7 Å². The molecule has 0 atom stereocenters. The summed E-state index contributed by atoms with van der Waals surface area (Å²) in [5, 5.41) is 0.803. The molecule has 4 heteroatoms. The lowest BCUT2D eigenvalue weighted by Gasteiger charge is -1.98. The number of ether oxygens (including phenoxy) is 1. The van der Waals surface area contributed by atoms with Gasteiger partial charge in [0, 0.05) is 22.7 Å². The molecule has 0 bridgehead atoms. The maximum Gasteiger partial charge on any atom is 0.337 e. The summed E-state index contributed by atoms with van der Waals surface area (Å²) in [6, 6.07) is 5.02. The highest BCUT2D eigenvalue weighted by atomic mass is 16.5. The van der Waals surface area contributed by atoms with Gasteiger partial charge in [-0.2, -0.15) is 0 Å². The number of aldehydes is 1. The van der Waals surface area contributed by atoms with Crippen LogP contribution >= 0.6 is 0 Å². The highest BCUT2D eigenvalue weighted by molar-refractivity contribution is 6.00. The highest BCUT2D eigenvalue weighted by Crippen LogP contribution is 2.18. The van der Waals surface area contributed by atoms with Gasteiger partial charge in [0.15, 0.2) is 6.29 Å². The van der Waals surface area contributed by atoms with Gasteiger partial charge in [-0.1, -0.05) is 6.07 Å². The van der Waals surface area contributed by atoms with Gasteiger partial charge in [-0.25, -0.2) is 4.79 Å². The van der Waals surface area contributed by atoms with E-state index >= 15 is 0 Å². The summed E-state index contributed by atoms with van der Waals surface area (Å²) in [5.74, 6) is -0.390. The van der Waals surface area contributed by atoms with Crippen LogP contribution in [0.1, 0.15) is 20.7 Å². The van der Waals surface area contributed by atoms with Gasteiger partial charge in [0.1, 0.15) is 0 Å². The molecule has 0 aliphatic rings. The van der Waals surface area contributed by atoms with Crippen molar-refractivity contribution in [3.8, 4) is 0 Å². The predicted molar refractivity (Wildman–Crippen MR) is 55.0 cm³/mol. The van der Waals surface area contributed by atoms with E-state index < -0.39 is 0 Å². The summed E-state index contributed by atoms with van der Waals surface area (Å²) in [6.07, 6.45) is 2.38. The van der Waals surface area contributed by atoms with Gasteiger partial charge in [0.25, 0.3) is 0 Å². The molecule has 1 aromatic heterocycles. The number of fused-ring (bicyclic) bond motifs is 1. The van der Waals surface area contributed by atoms with Crippen molar-refractivity contribution in [1.82, 2.24) is 4.98 Å². The van der Waals surface area contributed by atoms with E-state index in [-0.39, 0.29) is 5.97 Å². The normalized spacial score (nSPS) is 10.2. The third-order valence-electron chi connectivity index (χ3n) is 2.26. The lowest BCUT2D eigenvalue weighted by molar-refractivity contribution is 0.0601. The molecule has 2 aromatic rings. The summed E-state index contributed by atoms with van der Waals surface area (Å²) >= 11 is 0. The van der Waals surface area contributed by atoms with Crippen LogP contribution in [0.3, 0.4) is 0 Å². The average Bonchev–Trinajstić information content (AvgIpc) is 2.69. The van der Waals surface area contributed by atoms with Crippen LogP contribution in [0.2, 0.25) is 0 Å². The number of aromatic nitrogens is 1. The molecular formula is C11H9NO3. The van der Waals surface area contributed by atoms with Crippen LogP contribution in [0.5, 0.6) is 0 Å². The second kappa shape index (κ2) is 3.57. The number of hydrogen-bond acceptors (Lipinski definition) is 3. The number of esters is 1. The molecule has 1 N–H and O–H groups in total. The van der Waals surface area contributed by atoms with E-state index in [9.17, 15) is 9.59 Å². The van der Waals surface area contributed by atoms with Crippen LogP contribution in [-0.2, 0) is 4.74 Å². The van der Waals surface area contributed by atoms with E-state index in [0.29, 0.717) is 11.1 Å². The first-order valence-electron chi connectivity index (χ1n) is 4.41. The molecule has 0 aliphatic carbocycles. The molecule has 15 heavy (non-hydrogen) atoms. The maximum absolute atomic E-state index is 11.2. The molecule has 0 fully saturated rings. The van der Waals surface area contributed by atoms with Crippen molar-refractivity contribution in [3.05, 3.63) is 35.5 Å². The van der Waals surface area contributed by atoms with Crippen molar-refractivity contribution >= 4 is 23.2 Å². The molecule has 76 valence electrons. The van der Waals surface area contributed by atoms with E-state index in [1.165, 1.54) is 7.11 Å². The van der Waals surface area contributed by atoms with Crippen molar-refractivity contribution in [1.29, 1.82) is 0 Å². The van der Waals surface area contributed by atoms with Gasteiger partial charge in [0.2, 0.25) is 0 Å². The van der Waals surface area contributed by atoms with Gasteiger partial charge in [-0.3, -0.25) is 4.79 Å². The third-order valence-corrected chi connectivity index (χ3v) is 2.26. The van der Waals surface area contributed by atoms with Crippen molar-refractivity contribution in [2.45, 2.75) is 0 Å². The van der Waals surface area contributed by atoms with Crippen LogP contribution in [0.25, 0.3) is 10.9 Å². The van der Waals surface area contributed by atoms with Crippen LogP contribution < -0.4 is 0 Å². The van der Waals surface area contributed by atoms with E-state index in [1.54, 1.807) is 24.4 Å². The first-order valence-corrected chi connectivity index (χ1v) is 4.41. The largest absolute Gasteiger partial charge is 0.465 e. The molecule has 1 heterocycles. The number of rotatable bonds is 2. The first kappa shape index (κ1) is 9.45. The van der Waals surface area contributed by atoms with Crippen molar-refractivity contribution in [3.63, 3.8) is 0 Å². The number of nitrogens with one attached hydrogen (secondary N) is 1. The van der Waals surface area contributed by atoms with Crippen molar-refractivity contribution in [2.75, 3.05) is 7.11 Å². The fraction of sp³-hybridized carbons (Fsp3) is 0.0909. The number of hydrogen-bond donors (Lipinski definition) is 1. The van der Waals surface area contributed by atoms with Gasteiger partial charge in [-0.15, -0.1) is 0 Å². The Bertz CT molecular complexity index is 528. The number of carbonyl (C=O) groups is 2. The molecule has 2 rings (SSSR count). The second-order valence-electron chi connectivity index (χ2n) is 3.11. The fourth-order valence-electron chi connectivity index (χ4n) is 1.49. The number of H-pyrrole nitrogens is 1. The molecule has 0 radical (unpaired) electrons. The topological polar surface area (TPSA) is 59.2 Å². The lowest BCUT2D eigenvalue weighted by atomic mass is 10.1. The average molecular weight is 203 g/mol. The Kier molecular flexibility index (Phi) is 2.25. The van der Waals surface area contributed by atoms with Crippen molar-refractivity contribution in [2.24, 2.45) is 0 Å². The first-order chi connectivity index (χ1) is 7.26. The van der Waals surface area contributed by atoms with Crippen LogP contribution in [0.4, 0.5) is 0 Å². The van der Waals surface area contributed by atoms with Gasteiger partial charge >= 0.3 is 5.97 Å². The Labute approximate surface area is 85.9 Å². The second-order valence-corrected chi connectivity index (χ2v) is 3.11. The SMILES string of the molecule is COC(=O)c1ccc2c(C=O)c[nH]c2c1. The van der Waals surface area contributed by atoms with Gasteiger partial charge in [-0.05, 0) is 12.1 Å². The molecule has 4 nitrogen and oxygen atoms in total. The Morgan fingerprint density at radius 1 is 1.47 bits per heavy atom. The molecule has 0 saturated heterocycles. The minimum Gasteiger partial charge on any atom is -0.465 e. The quantitative estimate of drug-likeness (QED) is 0.597. The van der Waals surface area contributed by atoms with Crippen LogP contribution in [-0.4, -0.2) is 24.3 Å². The summed E-state index contributed by atoms with van der Waals surface area (Å²) in [5.41, 5.74) is 1.80. The number of carbonyl (C=O) groups excluding carboxylic acids is 2. The minimum atomic E-state index is -0.390. The third kappa shape index (κ3) is 1.50. The molecular weight excluding hydrogens is 194 g/mol. The predicted octanol–water partition coefficient (Wildman–Crippen LogP) is 1.77. The van der Waals surface area contributed by atoms with E-state index in [0.717, 1.165) is 17.2 Å². The smallest absolute Gasteiger partial charge is 0.337 e. The zero-order chi connectivity index (χ0) is 10.8. The zero-order valence-corrected chi connectivity index (χ0v) is 8.11. The summed E-state index contributed by atoms with van der Waals surface area (Å²) in [4.78, 5) is 24.8. The van der Waals surface area contributed by atoms with Crippen molar-refractivity contribution < 1.29 is 14.3 Å². The van der Waals surface area contributed by atoms with Crippen LogP contribution in [0, 0.1) is 0 Å². The Morgan fingerprint density at radius 3 is 2.93 bits per heavy atom. The van der Waals surface area contributed by atoms with Gasteiger partial charge < -0.3 is 9.72 Å². The van der Waals surface area contributed by atoms with Crippen LogP contribution in [0.15, 0.2) is 24.4 Å². The minimum absolute atomic E-state index is 0.390. The van der Waals surface area contributed by atoms with E-state index in [2.05, 4.69) is 9.72 Å². The molecule has 1 aromatic carbocycles. The molecule has 0 amide bonds. The number of methoxy groups -OCH3 is 1. The molecule has 0 unspecified atom stereocenters. The highest BCUT2D eigenvalue weighted by Gasteiger charge is 2.08. The summed E-state index contributed by atoms with van der Waals surface area (Å²) in [7, 11) is 1.33. The Hall–Kier alpha value is -2.10. The maximum atomic E-state index is 11.2. The number of aromatic amines is 1. The molecule has 0 aliphatic heterocycles. The number of benzene rings is 1. The molecule has 0 spiro atoms. The zero-order valence-electron chi connectivity index (χ0n) is 8.11. The standard InChI is InChI=1S/C11H9NO3/c1-15-11(14)7-2-3-9-8(6-13)5-12-10(9)4-7/h2-6,12H,1H3. The molecule has 0 saturated carbocycles. The summed E-state index contributed by atoms with van der Waals surface area (Å²) < 4.78 is 4.60. The Balaban J connectivity index is 2.58. The summed E-state index contributed by atoms with van der Waals surface area (Å²) in [6.45, 7) is 0. The van der Waals surface area contributed by atoms with E-state index in [1.807, 2.05) is 0 Å². The lowest BCUT2D eigenvalue weighted by Crippen LogP contribution is -2.00. The monoisotopic (exact) mass is 203 g/mol. The van der Waals surface area contributed by atoms with E-state index in [4.69, 9.17) is 0 Å². The Morgan fingerprint density at radius 2 is 2.27 bits per heavy atom. The fourth-order valence-corrected chi connectivity index (χ4v) is 1.49.